The van der Waals surface area contributed by atoms with Gasteiger partial charge < -0.3 is 20.3 Å². The minimum absolute atomic E-state index is 0. The Balaban J connectivity index is 0.00000208. The van der Waals surface area contributed by atoms with E-state index in [0.717, 1.165) is 5.56 Å². The van der Waals surface area contributed by atoms with Crippen LogP contribution < -0.4 is 11.1 Å². The number of nitrogens with two attached hydrogens (primary N) is 1. The van der Waals surface area contributed by atoms with Gasteiger partial charge in [0.25, 0.3) is 0 Å². The molecule has 3 N–H and O–H groups in total. The topological polar surface area (TPSA) is 103 Å². The second-order valence-electron chi connectivity index (χ2n) is 5.47. The molecule has 1 aromatic heterocycles. The van der Waals surface area contributed by atoms with Gasteiger partial charge in [-0.25, -0.2) is 0 Å². The molecule has 7 nitrogen and oxygen atoms in total. The van der Waals surface area contributed by atoms with E-state index in [1.165, 1.54) is 0 Å². The zero-order valence-corrected chi connectivity index (χ0v) is 14.4. The number of nitrogens with zero attached hydrogens (tertiary/aromatic N) is 2. The van der Waals surface area contributed by atoms with Crippen LogP contribution >= 0.6 is 24.0 Å². The fraction of sp³-hybridized carbons (Fsp3) is 0.400. The Morgan fingerprint density at radius 2 is 2.12 bits per heavy atom. The van der Waals surface area contributed by atoms with E-state index in [1.807, 2.05) is 6.07 Å². The minimum atomic E-state index is -0.895. The van der Waals surface area contributed by atoms with E-state index in [0.29, 0.717) is 42.8 Å². The summed E-state index contributed by atoms with van der Waals surface area (Å²) in [6, 6.07) is 7.14. The average Bonchev–Trinajstić information content (AvgIpc) is 3.02. The normalized spacial score (nSPS) is 16.2. The Labute approximate surface area is 150 Å². The Bertz CT molecular complexity index is 702. The van der Waals surface area contributed by atoms with Gasteiger partial charge in [-0.2, -0.15) is 4.98 Å². The third-order valence-electron chi connectivity index (χ3n) is 3.79. The second-order valence-corrected chi connectivity index (χ2v) is 5.91. The largest absolute Gasteiger partial charge is 0.381 e. The van der Waals surface area contributed by atoms with Gasteiger partial charge in [0.15, 0.2) is 0 Å². The first-order chi connectivity index (χ1) is 11.1. The number of aromatic nitrogens is 2. The van der Waals surface area contributed by atoms with Crippen molar-refractivity contribution in [2.24, 2.45) is 5.73 Å². The lowest BCUT2D eigenvalue weighted by Crippen LogP contribution is -2.56. The van der Waals surface area contributed by atoms with E-state index >= 15 is 0 Å². The lowest BCUT2D eigenvalue weighted by atomic mass is 9.90. The first kappa shape index (κ1) is 18.7. The van der Waals surface area contributed by atoms with E-state index in [-0.39, 0.29) is 24.9 Å². The van der Waals surface area contributed by atoms with Crippen LogP contribution in [-0.2, 0) is 16.1 Å². The molecule has 24 heavy (non-hydrogen) atoms. The highest BCUT2D eigenvalue weighted by Gasteiger charge is 2.35. The second kappa shape index (κ2) is 7.94. The zero-order valence-electron chi connectivity index (χ0n) is 12.8. The van der Waals surface area contributed by atoms with E-state index in [4.69, 9.17) is 26.6 Å². The van der Waals surface area contributed by atoms with Crippen LogP contribution in [0.25, 0.3) is 11.4 Å². The summed E-state index contributed by atoms with van der Waals surface area (Å²) < 4.78 is 10.4. The number of carbonyl (C=O) groups is 1. The number of carbonyl (C=O) groups excluding carboxylic acids is 1. The van der Waals surface area contributed by atoms with Gasteiger partial charge in [0.1, 0.15) is 0 Å². The van der Waals surface area contributed by atoms with Crippen molar-refractivity contribution < 1.29 is 14.1 Å². The molecule has 1 aromatic carbocycles. The molecule has 0 aliphatic carbocycles. The van der Waals surface area contributed by atoms with E-state index in [2.05, 4.69) is 15.5 Å². The van der Waals surface area contributed by atoms with Crippen LogP contribution in [0.4, 0.5) is 0 Å². The molecule has 0 saturated carbocycles. The number of rotatable bonds is 4. The fourth-order valence-electron chi connectivity index (χ4n) is 2.37. The highest BCUT2D eigenvalue weighted by Crippen LogP contribution is 2.20. The maximum atomic E-state index is 12.2. The van der Waals surface area contributed by atoms with Gasteiger partial charge >= 0.3 is 0 Å². The van der Waals surface area contributed by atoms with Gasteiger partial charge in [0, 0.05) is 23.8 Å². The zero-order chi connectivity index (χ0) is 16.3. The molecule has 130 valence electrons. The monoisotopic (exact) mass is 372 g/mol. The Morgan fingerprint density at radius 1 is 1.38 bits per heavy atom. The number of benzene rings is 1. The van der Waals surface area contributed by atoms with Gasteiger partial charge in [-0.1, -0.05) is 28.9 Å². The lowest BCUT2D eigenvalue weighted by Gasteiger charge is -2.31. The van der Waals surface area contributed by atoms with Crippen LogP contribution in [0.2, 0.25) is 5.02 Å². The van der Waals surface area contributed by atoms with Crippen molar-refractivity contribution in [3.05, 3.63) is 35.2 Å². The number of hydrogen-bond acceptors (Lipinski definition) is 6. The van der Waals surface area contributed by atoms with Crippen molar-refractivity contribution in [2.75, 3.05) is 13.2 Å². The quantitative estimate of drug-likeness (QED) is 0.849. The molecular weight excluding hydrogens is 355 g/mol. The summed E-state index contributed by atoms with van der Waals surface area (Å²) in [5.74, 6) is 0.498. The molecule has 0 atom stereocenters. The van der Waals surface area contributed by atoms with Gasteiger partial charge in [-0.3, -0.25) is 4.79 Å². The molecule has 1 saturated heterocycles. The Morgan fingerprint density at radius 3 is 2.83 bits per heavy atom. The summed E-state index contributed by atoms with van der Waals surface area (Å²) in [4.78, 5) is 16.5. The molecule has 0 unspecified atom stereocenters. The Hall–Kier alpha value is -1.67. The first-order valence-electron chi connectivity index (χ1n) is 7.30. The molecule has 1 aliphatic heterocycles. The molecule has 0 bridgehead atoms. The molecule has 3 rings (SSSR count). The molecule has 0 spiro atoms. The molecule has 1 aliphatic rings. The summed E-state index contributed by atoms with van der Waals surface area (Å²) in [5.41, 5.74) is 5.96. The van der Waals surface area contributed by atoms with Crippen LogP contribution in [0.3, 0.4) is 0 Å². The number of nitrogens with one attached hydrogen (secondary N) is 1. The van der Waals surface area contributed by atoms with Gasteiger partial charge in [0.2, 0.25) is 17.6 Å². The smallest absolute Gasteiger partial charge is 0.246 e. The Kier molecular flexibility index (Phi) is 6.17. The summed E-state index contributed by atoms with van der Waals surface area (Å²) >= 11 is 5.94. The van der Waals surface area contributed by atoms with Crippen LogP contribution in [0.15, 0.2) is 28.8 Å². The van der Waals surface area contributed by atoms with E-state index in [9.17, 15) is 4.79 Å². The van der Waals surface area contributed by atoms with Gasteiger partial charge in [0.05, 0.1) is 12.1 Å². The van der Waals surface area contributed by atoms with E-state index < -0.39 is 5.54 Å². The summed E-state index contributed by atoms with van der Waals surface area (Å²) in [7, 11) is 0. The van der Waals surface area contributed by atoms with Crippen LogP contribution in [-0.4, -0.2) is 34.8 Å². The molecule has 2 aromatic rings. The number of hydrogen-bond donors (Lipinski definition) is 2. The minimum Gasteiger partial charge on any atom is -0.381 e. The first-order valence-corrected chi connectivity index (χ1v) is 7.68. The predicted molar refractivity (Wildman–Crippen MR) is 90.8 cm³/mol. The predicted octanol–water partition coefficient (Wildman–Crippen LogP) is 1.94. The van der Waals surface area contributed by atoms with Crippen molar-refractivity contribution in [1.82, 2.24) is 15.5 Å². The maximum Gasteiger partial charge on any atom is 0.246 e. The standard InChI is InChI=1S/C15H17ClN4O3.ClH/c16-11-3-1-2-10(8-11)13-19-12(23-20-13)9-18-14(21)15(17)4-6-22-7-5-15;/h1-3,8H,4-7,9,17H2,(H,18,21);1H. The van der Waals surface area contributed by atoms with Crippen LogP contribution in [0, 0.1) is 0 Å². The third-order valence-corrected chi connectivity index (χ3v) is 4.02. The van der Waals surface area contributed by atoms with Crippen LogP contribution in [0.1, 0.15) is 18.7 Å². The van der Waals surface area contributed by atoms with Crippen molar-refractivity contribution in [3.8, 4) is 11.4 Å². The summed E-state index contributed by atoms with van der Waals surface area (Å²) in [5, 5.41) is 7.22. The number of ether oxygens (including phenoxy) is 1. The van der Waals surface area contributed by atoms with Crippen molar-refractivity contribution in [1.29, 1.82) is 0 Å². The van der Waals surface area contributed by atoms with E-state index in [1.54, 1.807) is 18.2 Å². The lowest BCUT2D eigenvalue weighted by molar-refractivity contribution is -0.130. The molecule has 1 amide bonds. The van der Waals surface area contributed by atoms with Crippen molar-refractivity contribution >= 4 is 29.9 Å². The molecule has 2 heterocycles. The number of amides is 1. The highest BCUT2D eigenvalue weighted by molar-refractivity contribution is 6.30. The highest BCUT2D eigenvalue weighted by atomic mass is 35.5. The van der Waals surface area contributed by atoms with Crippen molar-refractivity contribution in [2.45, 2.75) is 24.9 Å². The van der Waals surface area contributed by atoms with Gasteiger partial charge in [-0.15, -0.1) is 12.4 Å². The SMILES string of the molecule is Cl.NC1(C(=O)NCc2nc(-c3cccc(Cl)c3)no2)CCOCC1. The summed E-state index contributed by atoms with van der Waals surface area (Å²) in [6.07, 6.45) is 0.993. The van der Waals surface area contributed by atoms with Gasteiger partial charge in [-0.05, 0) is 25.0 Å². The third kappa shape index (κ3) is 4.24. The molecule has 0 radical (unpaired) electrons. The van der Waals surface area contributed by atoms with Crippen LogP contribution in [0.5, 0.6) is 0 Å². The molecular formula is C15H18Cl2N4O3. The molecule has 1 fully saturated rings. The molecule has 9 heteroatoms. The number of halogens is 2. The average molecular weight is 373 g/mol. The fourth-order valence-corrected chi connectivity index (χ4v) is 2.56. The van der Waals surface area contributed by atoms with Crippen molar-refractivity contribution in [3.63, 3.8) is 0 Å². The summed E-state index contributed by atoms with van der Waals surface area (Å²) in [6.45, 7) is 1.11. The maximum absolute atomic E-state index is 12.2.